The second-order valence-corrected chi connectivity index (χ2v) is 10.3. The number of hydrogen-bond donors (Lipinski definition) is 1. The third-order valence-electron chi connectivity index (χ3n) is 6.30. The van der Waals surface area contributed by atoms with Crippen LogP contribution in [0.5, 0.6) is 5.75 Å². The van der Waals surface area contributed by atoms with Crippen LogP contribution in [0.1, 0.15) is 30.4 Å². The SMILES string of the molecule is N#Cc1ccc(-c2cccc(CCCOc3ccc(S(=O)C4(C(N)=O)CCOCC4)cc3)c2)cc1. The van der Waals surface area contributed by atoms with Gasteiger partial charge in [-0.1, -0.05) is 36.4 Å². The molecule has 4 rings (SSSR count). The molecule has 1 aliphatic rings. The van der Waals surface area contributed by atoms with Gasteiger partial charge in [0.2, 0.25) is 5.91 Å². The van der Waals surface area contributed by atoms with E-state index in [0.717, 1.165) is 24.0 Å². The summed E-state index contributed by atoms with van der Waals surface area (Å²) in [5.41, 5.74) is 9.70. The first-order valence-corrected chi connectivity index (χ1v) is 12.8. The highest BCUT2D eigenvalue weighted by Crippen LogP contribution is 2.32. The number of nitrogens with zero attached hydrogens (tertiary/aromatic N) is 1. The molecule has 180 valence electrons. The summed E-state index contributed by atoms with van der Waals surface area (Å²) < 4.78 is 23.3. The van der Waals surface area contributed by atoms with Crippen LogP contribution in [0, 0.1) is 11.3 Å². The van der Waals surface area contributed by atoms with Gasteiger partial charge in [0.15, 0.2) is 0 Å². The van der Waals surface area contributed by atoms with E-state index in [2.05, 4.69) is 24.3 Å². The van der Waals surface area contributed by atoms with Gasteiger partial charge in [0.05, 0.1) is 29.0 Å². The van der Waals surface area contributed by atoms with Crippen LogP contribution in [0.3, 0.4) is 0 Å². The third-order valence-corrected chi connectivity index (χ3v) is 8.31. The number of aryl methyl sites for hydroxylation is 1. The second kappa shape index (κ2) is 11.3. The second-order valence-electron chi connectivity index (χ2n) is 8.55. The Morgan fingerprint density at radius 3 is 2.40 bits per heavy atom. The van der Waals surface area contributed by atoms with Crippen LogP contribution in [0.15, 0.2) is 77.7 Å². The molecule has 3 aromatic carbocycles. The number of ether oxygens (including phenoxy) is 2. The summed E-state index contributed by atoms with van der Waals surface area (Å²) >= 11 is 0. The fourth-order valence-corrected chi connectivity index (χ4v) is 5.77. The smallest absolute Gasteiger partial charge is 0.236 e. The first-order chi connectivity index (χ1) is 17.0. The molecule has 35 heavy (non-hydrogen) atoms. The van der Waals surface area contributed by atoms with Crippen LogP contribution < -0.4 is 10.5 Å². The molecular formula is C28H28N2O4S. The summed E-state index contributed by atoms with van der Waals surface area (Å²) in [5.74, 6) is 0.153. The monoisotopic (exact) mass is 488 g/mol. The highest BCUT2D eigenvalue weighted by molar-refractivity contribution is 7.87. The summed E-state index contributed by atoms with van der Waals surface area (Å²) in [6.07, 6.45) is 2.43. The summed E-state index contributed by atoms with van der Waals surface area (Å²) in [7, 11) is -1.55. The Bertz CT molecular complexity index is 1230. The van der Waals surface area contributed by atoms with E-state index in [1.807, 2.05) is 30.3 Å². The molecule has 1 aliphatic heterocycles. The average Bonchev–Trinajstić information content (AvgIpc) is 2.91. The molecule has 1 atom stereocenters. The lowest BCUT2D eigenvalue weighted by atomic mass is 9.98. The van der Waals surface area contributed by atoms with E-state index in [4.69, 9.17) is 20.5 Å². The molecule has 6 nitrogen and oxygen atoms in total. The number of hydrogen-bond acceptors (Lipinski definition) is 5. The first-order valence-electron chi connectivity index (χ1n) is 11.6. The van der Waals surface area contributed by atoms with Crippen molar-refractivity contribution in [1.82, 2.24) is 0 Å². The quantitative estimate of drug-likeness (QED) is 0.450. The number of benzene rings is 3. The molecule has 1 amide bonds. The van der Waals surface area contributed by atoms with Crippen molar-refractivity contribution in [3.63, 3.8) is 0 Å². The summed E-state index contributed by atoms with van der Waals surface area (Å²) in [5, 5.41) is 8.97. The Labute approximate surface area is 208 Å². The van der Waals surface area contributed by atoms with E-state index in [0.29, 0.717) is 48.9 Å². The number of amides is 1. The molecule has 1 saturated heterocycles. The molecule has 0 aromatic heterocycles. The van der Waals surface area contributed by atoms with Gasteiger partial charge in [-0.2, -0.15) is 5.26 Å². The average molecular weight is 489 g/mol. The van der Waals surface area contributed by atoms with Crippen LogP contribution in [0.2, 0.25) is 0 Å². The maximum Gasteiger partial charge on any atom is 0.236 e. The lowest BCUT2D eigenvalue weighted by molar-refractivity contribution is -0.122. The number of primary amides is 1. The van der Waals surface area contributed by atoms with E-state index in [1.54, 1.807) is 24.3 Å². The van der Waals surface area contributed by atoms with Gasteiger partial charge in [0.25, 0.3) is 0 Å². The van der Waals surface area contributed by atoms with E-state index in [9.17, 15) is 9.00 Å². The van der Waals surface area contributed by atoms with Crippen molar-refractivity contribution >= 4 is 16.7 Å². The minimum Gasteiger partial charge on any atom is -0.494 e. The van der Waals surface area contributed by atoms with Crippen molar-refractivity contribution in [2.75, 3.05) is 19.8 Å². The van der Waals surface area contributed by atoms with E-state index in [-0.39, 0.29) is 0 Å². The number of nitrogens with two attached hydrogens (primary N) is 1. The highest BCUT2D eigenvalue weighted by Gasteiger charge is 2.45. The van der Waals surface area contributed by atoms with Crippen molar-refractivity contribution in [2.45, 2.75) is 35.3 Å². The van der Waals surface area contributed by atoms with Gasteiger partial charge in [0, 0.05) is 18.1 Å². The van der Waals surface area contributed by atoms with Crippen LogP contribution in [0.4, 0.5) is 0 Å². The Morgan fingerprint density at radius 2 is 1.74 bits per heavy atom. The van der Waals surface area contributed by atoms with Crippen molar-refractivity contribution in [2.24, 2.45) is 5.73 Å². The number of nitriles is 1. The zero-order chi connectivity index (χ0) is 24.7. The Kier molecular flexibility index (Phi) is 7.96. The minimum atomic E-state index is -1.55. The Balaban J connectivity index is 1.30. The lowest BCUT2D eigenvalue weighted by Crippen LogP contribution is -2.51. The van der Waals surface area contributed by atoms with Gasteiger partial charge in [0.1, 0.15) is 10.5 Å². The molecular weight excluding hydrogens is 460 g/mol. The number of rotatable bonds is 9. The normalized spacial score (nSPS) is 15.6. The molecule has 0 bridgehead atoms. The number of carbonyl (C=O) groups is 1. The van der Waals surface area contributed by atoms with Crippen LogP contribution in [-0.4, -0.2) is 34.7 Å². The van der Waals surface area contributed by atoms with E-state index >= 15 is 0 Å². The van der Waals surface area contributed by atoms with Gasteiger partial charge < -0.3 is 15.2 Å². The van der Waals surface area contributed by atoms with Gasteiger partial charge >= 0.3 is 0 Å². The molecule has 0 saturated carbocycles. The van der Waals surface area contributed by atoms with E-state index < -0.39 is 21.5 Å². The Hall–Kier alpha value is -3.47. The molecule has 1 unspecified atom stereocenters. The zero-order valence-corrected chi connectivity index (χ0v) is 20.3. The lowest BCUT2D eigenvalue weighted by Gasteiger charge is -2.33. The summed E-state index contributed by atoms with van der Waals surface area (Å²) in [6.45, 7) is 1.31. The molecule has 0 aliphatic carbocycles. The van der Waals surface area contributed by atoms with Crippen molar-refractivity contribution in [3.8, 4) is 22.9 Å². The predicted molar refractivity (Wildman–Crippen MR) is 135 cm³/mol. The predicted octanol–water partition coefficient (Wildman–Crippen LogP) is 4.38. The highest BCUT2D eigenvalue weighted by atomic mass is 32.2. The van der Waals surface area contributed by atoms with Gasteiger partial charge in [-0.05, 0) is 78.8 Å². The van der Waals surface area contributed by atoms with E-state index in [1.165, 1.54) is 5.56 Å². The zero-order valence-electron chi connectivity index (χ0n) is 19.4. The van der Waals surface area contributed by atoms with Gasteiger partial charge in [-0.3, -0.25) is 9.00 Å². The van der Waals surface area contributed by atoms with Crippen LogP contribution in [0.25, 0.3) is 11.1 Å². The largest absolute Gasteiger partial charge is 0.494 e. The molecule has 1 heterocycles. The van der Waals surface area contributed by atoms with Crippen molar-refractivity contribution in [1.29, 1.82) is 5.26 Å². The fourth-order valence-electron chi connectivity index (χ4n) is 4.22. The third kappa shape index (κ3) is 5.79. The molecule has 7 heteroatoms. The molecule has 2 N–H and O–H groups in total. The number of carbonyl (C=O) groups excluding carboxylic acids is 1. The van der Waals surface area contributed by atoms with Gasteiger partial charge in [-0.25, -0.2) is 0 Å². The fraction of sp³-hybridized carbons (Fsp3) is 0.286. The molecule has 3 aromatic rings. The maximum atomic E-state index is 13.2. The molecule has 1 fully saturated rings. The van der Waals surface area contributed by atoms with Crippen LogP contribution >= 0.6 is 0 Å². The van der Waals surface area contributed by atoms with Crippen molar-refractivity contribution < 1.29 is 18.5 Å². The summed E-state index contributed by atoms with van der Waals surface area (Å²) in [6, 6.07) is 25.1. The topological polar surface area (TPSA) is 102 Å². The van der Waals surface area contributed by atoms with Crippen LogP contribution in [-0.2, 0) is 26.8 Å². The van der Waals surface area contributed by atoms with Crippen molar-refractivity contribution in [3.05, 3.63) is 83.9 Å². The standard InChI is InChI=1S/C28H28N2O4S/c29-20-22-6-8-23(9-7-22)24-5-1-3-21(19-24)4-2-16-34-25-10-12-26(13-11-25)35(32)28(27(30)31)14-17-33-18-15-28/h1,3,5-13,19H,2,4,14-18H2,(H2,30,31). The minimum absolute atomic E-state index is 0.361. The maximum absolute atomic E-state index is 13.2. The molecule has 0 radical (unpaired) electrons. The first kappa shape index (κ1) is 24.6. The Morgan fingerprint density at radius 1 is 1.03 bits per heavy atom. The summed E-state index contributed by atoms with van der Waals surface area (Å²) in [4.78, 5) is 12.7. The molecule has 0 spiro atoms. The van der Waals surface area contributed by atoms with Gasteiger partial charge in [-0.15, -0.1) is 0 Å².